The van der Waals surface area contributed by atoms with Gasteiger partial charge in [-0.05, 0) is 36.8 Å². The Hall–Kier alpha value is -1.57. The number of carboxylic acids is 1. The number of aliphatic carboxylic acids is 1. The van der Waals surface area contributed by atoms with Gasteiger partial charge in [-0.25, -0.2) is 4.98 Å². The number of thiazole rings is 1. The molecule has 3 heterocycles. The highest BCUT2D eigenvalue weighted by Gasteiger charge is 2.34. The fourth-order valence-electron chi connectivity index (χ4n) is 3.44. The lowest BCUT2D eigenvalue weighted by Gasteiger charge is -2.32. The summed E-state index contributed by atoms with van der Waals surface area (Å²) in [6, 6.07) is 9.22. The van der Waals surface area contributed by atoms with E-state index in [0.717, 1.165) is 47.6 Å². The molecule has 0 amide bonds. The summed E-state index contributed by atoms with van der Waals surface area (Å²) in [6.45, 7) is 0.931. The van der Waals surface area contributed by atoms with Crippen molar-refractivity contribution >= 4 is 51.8 Å². The Labute approximate surface area is 173 Å². The molecule has 5 nitrogen and oxygen atoms in total. The van der Waals surface area contributed by atoms with Crippen LogP contribution in [0.3, 0.4) is 0 Å². The minimum atomic E-state index is -0.730. The first-order valence-corrected chi connectivity index (χ1v) is 10.8. The summed E-state index contributed by atoms with van der Waals surface area (Å²) in [5.74, 6) is 0.354. The van der Waals surface area contributed by atoms with Crippen LogP contribution in [0.5, 0.6) is 0 Å². The molecule has 1 N–H and O–H groups in total. The average Bonchev–Trinajstić information content (AvgIpc) is 3.24. The van der Waals surface area contributed by atoms with Gasteiger partial charge < -0.3 is 10.0 Å². The van der Waals surface area contributed by atoms with Crippen LogP contribution in [0, 0.1) is 0 Å². The van der Waals surface area contributed by atoms with E-state index in [0.29, 0.717) is 12.5 Å². The molecule has 8 heteroatoms. The maximum absolute atomic E-state index is 10.6. The lowest BCUT2D eigenvalue weighted by Crippen LogP contribution is -2.38. The number of unbranched alkanes of at least 4 members (excludes halogenated alkanes) is 1. The SMILES string of the molecule is Cl.O=C(O)CCCCc1csc(N=C2SCC3Cc4ccccc4CN23)n1. The van der Waals surface area contributed by atoms with Crippen molar-refractivity contribution in [3.8, 4) is 0 Å². The average molecular weight is 424 g/mol. The van der Waals surface area contributed by atoms with Crippen molar-refractivity contribution in [2.75, 3.05) is 5.75 Å². The highest BCUT2D eigenvalue weighted by molar-refractivity contribution is 8.14. The number of carboxylic acid groups (broad SMARTS) is 1. The van der Waals surface area contributed by atoms with Crippen LogP contribution in [-0.2, 0) is 24.2 Å². The summed E-state index contributed by atoms with van der Waals surface area (Å²) in [7, 11) is 0. The monoisotopic (exact) mass is 423 g/mol. The summed E-state index contributed by atoms with van der Waals surface area (Å²) in [4.78, 5) is 22.4. The smallest absolute Gasteiger partial charge is 0.303 e. The second-order valence-electron chi connectivity index (χ2n) is 6.68. The van der Waals surface area contributed by atoms with Gasteiger partial charge in [0.25, 0.3) is 0 Å². The van der Waals surface area contributed by atoms with Gasteiger partial charge in [0.2, 0.25) is 5.13 Å². The Kier molecular flexibility index (Phi) is 6.78. The first kappa shape index (κ1) is 20.2. The van der Waals surface area contributed by atoms with Crippen LogP contribution in [0.2, 0.25) is 0 Å². The molecule has 144 valence electrons. The fourth-order valence-corrected chi connectivity index (χ4v) is 5.39. The highest BCUT2D eigenvalue weighted by atomic mass is 35.5. The van der Waals surface area contributed by atoms with Gasteiger partial charge in [0.1, 0.15) is 0 Å². The van der Waals surface area contributed by atoms with Crippen molar-refractivity contribution in [2.24, 2.45) is 4.99 Å². The van der Waals surface area contributed by atoms with E-state index in [2.05, 4.69) is 34.1 Å². The zero-order valence-electron chi connectivity index (χ0n) is 14.8. The lowest BCUT2D eigenvalue weighted by atomic mass is 9.95. The Morgan fingerprint density at radius 3 is 2.93 bits per heavy atom. The van der Waals surface area contributed by atoms with Gasteiger partial charge >= 0.3 is 5.97 Å². The van der Waals surface area contributed by atoms with Gasteiger partial charge in [-0.2, -0.15) is 4.99 Å². The van der Waals surface area contributed by atoms with Crippen molar-refractivity contribution in [1.82, 2.24) is 9.88 Å². The van der Waals surface area contributed by atoms with Crippen molar-refractivity contribution in [1.29, 1.82) is 0 Å². The molecule has 1 aromatic carbocycles. The van der Waals surface area contributed by atoms with E-state index in [1.165, 1.54) is 11.1 Å². The highest BCUT2D eigenvalue weighted by Crippen LogP contribution is 2.35. The van der Waals surface area contributed by atoms with Crippen LogP contribution < -0.4 is 0 Å². The quantitative estimate of drug-likeness (QED) is 0.691. The molecule has 1 fully saturated rings. The molecule has 1 saturated heterocycles. The van der Waals surface area contributed by atoms with E-state index in [4.69, 9.17) is 10.1 Å². The zero-order chi connectivity index (χ0) is 17.9. The van der Waals surface area contributed by atoms with Crippen LogP contribution in [0.25, 0.3) is 0 Å². The van der Waals surface area contributed by atoms with Crippen LogP contribution in [0.15, 0.2) is 34.6 Å². The molecule has 0 spiro atoms. The molecule has 0 saturated carbocycles. The van der Waals surface area contributed by atoms with Crippen LogP contribution in [0.1, 0.15) is 36.1 Å². The summed E-state index contributed by atoms with van der Waals surface area (Å²) in [5.41, 5.74) is 3.88. The molecule has 0 aliphatic carbocycles. The van der Waals surface area contributed by atoms with Crippen molar-refractivity contribution < 1.29 is 9.90 Å². The van der Waals surface area contributed by atoms with Gasteiger partial charge in [-0.1, -0.05) is 36.0 Å². The Morgan fingerprint density at radius 2 is 2.11 bits per heavy atom. The zero-order valence-corrected chi connectivity index (χ0v) is 17.3. The molecule has 2 aliphatic heterocycles. The summed E-state index contributed by atoms with van der Waals surface area (Å²) in [6.07, 6.45) is 3.69. The normalized spacial score (nSPS) is 19.5. The van der Waals surface area contributed by atoms with Gasteiger partial charge in [0.05, 0.1) is 5.69 Å². The number of benzene rings is 1. The minimum absolute atomic E-state index is 0. The number of nitrogens with zero attached hydrogens (tertiary/aromatic N) is 3. The third kappa shape index (κ3) is 4.83. The number of halogens is 1. The maximum atomic E-state index is 10.6. The molecule has 1 atom stereocenters. The van der Waals surface area contributed by atoms with E-state index in [-0.39, 0.29) is 18.8 Å². The number of fused-ring (bicyclic) bond motifs is 2. The van der Waals surface area contributed by atoms with E-state index in [1.54, 1.807) is 11.3 Å². The van der Waals surface area contributed by atoms with Crippen molar-refractivity contribution in [2.45, 2.75) is 44.7 Å². The third-order valence-electron chi connectivity index (χ3n) is 4.81. The molecule has 0 radical (unpaired) electrons. The van der Waals surface area contributed by atoms with E-state index in [1.807, 2.05) is 17.1 Å². The topological polar surface area (TPSA) is 65.8 Å². The van der Waals surface area contributed by atoms with E-state index in [9.17, 15) is 4.79 Å². The summed E-state index contributed by atoms with van der Waals surface area (Å²) in [5, 5.41) is 12.6. The largest absolute Gasteiger partial charge is 0.481 e. The standard InChI is InChI=1S/C19H21N3O2S2.ClH/c23-17(24)8-4-3-7-15-11-25-18(20-15)21-19-22-10-14-6-2-1-5-13(14)9-16(22)12-26-19;/h1-2,5-6,11,16H,3-4,7-10,12H2,(H,23,24);1H. The number of rotatable bonds is 6. The molecule has 1 aromatic heterocycles. The first-order chi connectivity index (χ1) is 12.7. The predicted molar refractivity (Wildman–Crippen MR) is 114 cm³/mol. The van der Waals surface area contributed by atoms with Crippen molar-refractivity contribution in [3.63, 3.8) is 0 Å². The number of aromatic nitrogens is 1. The molecule has 1 unspecified atom stereocenters. The molecule has 4 rings (SSSR count). The molecule has 0 bridgehead atoms. The number of hydrogen-bond acceptors (Lipinski definition) is 5. The van der Waals surface area contributed by atoms with Gasteiger partial charge in [0.15, 0.2) is 5.17 Å². The maximum Gasteiger partial charge on any atom is 0.303 e. The first-order valence-electron chi connectivity index (χ1n) is 8.90. The van der Waals surface area contributed by atoms with Gasteiger partial charge in [-0.3, -0.25) is 4.79 Å². The Balaban J connectivity index is 0.00000210. The molecule has 2 aromatic rings. The number of thioether (sulfide) groups is 1. The summed E-state index contributed by atoms with van der Waals surface area (Å²) < 4.78 is 0. The van der Waals surface area contributed by atoms with Gasteiger partial charge in [-0.15, -0.1) is 23.7 Å². The lowest BCUT2D eigenvalue weighted by molar-refractivity contribution is -0.137. The Bertz CT molecular complexity index is 840. The second-order valence-corrected chi connectivity index (χ2v) is 8.51. The molecular weight excluding hydrogens is 402 g/mol. The number of aryl methyl sites for hydroxylation is 1. The summed E-state index contributed by atoms with van der Waals surface area (Å²) >= 11 is 3.40. The predicted octanol–water partition coefficient (Wildman–Crippen LogP) is 4.52. The third-order valence-corrected chi connectivity index (χ3v) is 6.73. The second kappa shape index (κ2) is 9.08. The minimum Gasteiger partial charge on any atom is -0.481 e. The number of aliphatic imine (C=N–C) groups is 1. The number of carbonyl (C=O) groups is 1. The Morgan fingerprint density at radius 1 is 1.30 bits per heavy atom. The molecular formula is C19H22ClN3O2S2. The van der Waals surface area contributed by atoms with Gasteiger partial charge in [0, 0.05) is 30.1 Å². The molecule has 2 aliphatic rings. The van der Waals surface area contributed by atoms with Crippen LogP contribution in [-0.4, -0.2) is 37.9 Å². The van der Waals surface area contributed by atoms with E-state index >= 15 is 0 Å². The fraction of sp³-hybridized carbons (Fsp3) is 0.421. The number of hydrogen-bond donors (Lipinski definition) is 1. The van der Waals surface area contributed by atoms with E-state index < -0.39 is 5.97 Å². The number of amidine groups is 1. The van der Waals surface area contributed by atoms with Crippen LogP contribution in [0.4, 0.5) is 5.13 Å². The molecule has 27 heavy (non-hydrogen) atoms. The van der Waals surface area contributed by atoms with Crippen LogP contribution >= 0.6 is 35.5 Å². The van der Waals surface area contributed by atoms with Crippen molar-refractivity contribution in [3.05, 3.63) is 46.5 Å².